The summed E-state index contributed by atoms with van der Waals surface area (Å²) < 4.78 is 0. The van der Waals surface area contributed by atoms with E-state index in [2.05, 4.69) is 22.7 Å². The molecule has 0 aromatic carbocycles. The molecule has 0 atom stereocenters. The van der Waals surface area contributed by atoms with Gasteiger partial charge in [-0.2, -0.15) is 11.3 Å². The zero-order chi connectivity index (χ0) is 10.7. The second-order valence-electron chi connectivity index (χ2n) is 4.30. The van der Waals surface area contributed by atoms with Gasteiger partial charge in [0.2, 0.25) is 0 Å². The summed E-state index contributed by atoms with van der Waals surface area (Å²) in [6, 6.07) is 0. The lowest BCUT2D eigenvalue weighted by Gasteiger charge is -2.07. The second-order valence-corrected chi connectivity index (χ2v) is 5.05. The molecule has 2 nitrogen and oxygen atoms in total. The molecule has 0 spiro atoms. The number of amidine groups is 1. The Morgan fingerprint density at radius 2 is 2.20 bits per heavy atom. The van der Waals surface area contributed by atoms with E-state index in [9.17, 15) is 0 Å². The third-order valence-corrected chi connectivity index (χ3v) is 4.08. The standard InChI is InChI=1S/C12H18N2S/c1-9-7-15-8-11(9)6-14-12(13)10-4-2-3-5-10/h7-8,10H,2-6H2,1H3,(H2,13,14). The summed E-state index contributed by atoms with van der Waals surface area (Å²) in [5.74, 6) is 1.43. The molecule has 2 rings (SSSR count). The van der Waals surface area contributed by atoms with E-state index in [-0.39, 0.29) is 0 Å². The van der Waals surface area contributed by atoms with Crippen LogP contribution in [0.3, 0.4) is 0 Å². The molecular formula is C12H18N2S. The first kappa shape index (κ1) is 10.7. The molecule has 0 unspecified atom stereocenters. The van der Waals surface area contributed by atoms with E-state index in [4.69, 9.17) is 5.73 Å². The molecular weight excluding hydrogens is 204 g/mol. The van der Waals surface area contributed by atoms with Gasteiger partial charge in [0.05, 0.1) is 12.4 Å². The third-order valence-electron chi connectivity index (χ3n) is 3.17. The number of aryl methyl sites for hydroxylation is 1. The molecule has 0 aliphatic heterocycles. The van der Waals surface area contributed by atoms with Gasteiger partial charge in [0.1, 0.15) is 0 Å². The molecule has 1 aromatic rings. The molecule has 1 heterocycles. The minimum Gasteiger partial charge on any atom is -0.387 e. The molecule has 1 aliphatic carbocycles. The monoisotopic (exact) mass is 222 g/mol. The first-order chi connectivity index (χ1) is 7.27. The average Bonchev–Trinajstić information content (AvgIpc) is 2.85. The predicted molar refractivity (Wildman–Crippen MR) is 66.3 cm³/mol. The van der Waals surface area contributed by atoms with Gasteiger partial charge in [-0.25, -0.2) is 0 Å². The van der Waals surface area contributed by atoms with Gasteiger partial charge >= 0.3 is 0 Å². The Labute approximate surface area is 95.2 Å². The number of aliphatic imine (C=N–C) groups is 1. The summed E-state index contributed by atoms with van der Waals surface area (Å²) in [6.45, 7) is 2.89. The third kappa shape index (κ3) is 2.59. The Bertz CT molecular complexity index is 348. The van der Waals surface area contributed by atoms with Crippen LogP contribution >= 0.6 is 11.3 Å². The van der Waals surface area contributed by atoms with Crippen LogP contribution in [0.25, 0.3) is 0 Å². The smallest absolute Gasteiger partial charge is 0.0972 e. The van der Waals surface area contributed by atoms with Crippen LogP contribution in [0.2, 0.25) is 0 Å². The maximum atomic E-state index is 6.00. The van der Waals surface area contributed by atoms with Crippen LogP contribution in [0, 0.1) is 12.8 Å². The lowest BCUT2D eigenvalue weighted by molar-refractivity contribution is 0.715. The lowest BCUT2D eigenvalue weighted by Crippen LogP contribution is -2.21. The van der Waals surface area contributed by atoms with Crippen LogP contribution < -0.4 is 5.73 Å². The molecule has 1 saturated carbocycles. The summed E-state index contributed by atoms with van der Waals surface area (Å²) >= 11 is 1.74. The molecule has 15 heavy (non-hydrogen) atoms. The summed E-state index contributed by atoms with van der Waals surface area (Å²) in [5.41, 5.74) is 8.66. The van der Waals surface area contributed by atoms with E-state index in [0.29, 0.717) is 5.92 Å². The molecule has 1 aromatic heterocycles. The molecule has 0 amide bonds. The van der Waals surface area contributed by atoms with E-state index >= 15 is 0 Å². The minimum absolute atomic E-state index is 0.559. The van der Waals surface area contributed by atoms with Crippen molar-refractivity contribution in [3.8, 4) is 0 Å². The van der Waals surface area contributed by atoms with Crippen molar-refractivity contribution in [3.63, 3.8) is 0 Å². The normalized spacial score (nSPS) is 18.6. The molecule has 82 valence electrons. The van der Waals surface area contributed by atoms with Gasteiger partial charge in [-0.3, -0.25) is 4.99 Å². The van der Waals surface area contributed by atoms with Gasteiger partial charge in [0, 0.05) is 5.92 Å². The first-order valence-corrected chi connectivity index (χ1v) is 6.53. The molecule has 2 N–H and O–H groups in total. The van der Waals surface area contributed by atoms with E-state index in [0.717, 1.165) is 12.4 Å². The summed E-state index contributed by atoms with van der Waals surface area (Å²) in [5, 5.41) is 4.33. The number of hydrogen-bond acceptors (Lipinski definition) is 2. The van der Waals surface area contributed by atoms with Crippen molar-refractivity contribution in [1.29, 1.82) is 0 Å². The van der Waals surface area contributed by atoms with Crippen LogP contribution in [0.15, 0.2) is 15.8 Å². The molecule has 1 fully saturated rings. The highest BCUT2D eigenvalue weighted by molar-refractivity contribution is 7.08. The van der Waals surface area contributed by atoms with Gasteiger partial charge in [-0.1, -0.05) is 12.8 Å². The predicted octanol–water partition coefficient (Wildman–Crippen LogP) is 3.10. The van der Waals surface area contributed by atoms with Crippen LogP contribution in [0.4, 0.5) is 0 Å². The Kier molecular flexibility index (Phi) is 3.41. The van der Waals surface area contributed by atoms with Crippen LogP contribution in [0.5, 0.6) is 0 Å². The molecule has 3 heteroatoms. The Morgan fingerprint density at radius 3 is 2.80 bits per heavy atom. The van der Waals surface area contributed by atoms with Crippen molar-refractivity contribution in [1.82, 2.24) is 0 Å². The molecule has 0 bridgehead atoms. The van der Waals surface area contributed by atoms with E-state index in [1.54, 1.807) is 11.3 Å². The largest absolute Gasteiger partial charge is 0.387 e. The van der Waals surface area contributed by atoms with Crippen molar-refractivity contribution in [3.05, 3.63) is 21.9 Å². The van der Waals surface area contributed by atoms with Gasteiger partial charge in [-0.15, -0.1) is 0 Å². The van der Waals surface area contributed by atoms with E-state index < -0.39 is 0 Å². The molecule has 0 radical (unpaired) electrons. The fraction of sp³-hybridized carbons (Fsp3) is 0.583. The van der Waals surface area contributed by atoms with Crippen molar-refractivity contribution in [2.45, 2.75) is 39.2 Å². The first-order valence-electron chi connectivity index (χ1n) is 5.59. The highest BCUT2D eigenvalue weighted by atomic mass is 32.1. The maximum absolute atomic E-state index is 6.00. The van der Waals surface area contributed by atoms with Crippen molar-refractivity contribution in [2.24, 2.45) is 16.6 Å². The fourth-order valence-electron chi connectivity index (χ4n) is 2.08. The maximum Gasteiger partial charge on any atom is 0.0972 e. The summed E-state index contributed by atoms with van der Waals surface area (Å²) in [4.78, 5) is 4.51. The van der Waals surface area contributed by atoms with Crippen LogP contribution in [-0.2, 0) is 6.54 Å². The SMILES string of the molecule is Cc1cscc1CN=C(N)C1CCCC1. The van der Waals surface area contributed by atoms with Crippen molar-refractivity contribution >= 4 is 17.2 Å². The van der Waals surface area contributed by atoms with Gasteiger partial charge < -0.3 is 5.73 Å². The van der Waals surface area contributed by atoms with Gasteiger partial charge in [0.25, 0.3) is 0 Å². The summed E-state index contributed by atoms with van der Waals surface area (Å²) in [7, 11) is 0. The summed E-state index contributed by atoms with van der Waals surface area (Å²) in [6.07, 6.45) is 5.10. The van der Waals surface area contributed by atoms with E-state index in [1.807, 2.05) is 0 Å². The topological polar surface area (TPSA) is 38.4 Å². The number of nitrogens with zero attached hydrogens (tertiary/aromatic N) is 1. The van der Waals surface area contributed by atoms with Gasteiger partial charge in [0.15, 0.2) is 0 Å². The number of rotatable bonds is 3. The zero-order valence-corrected chi connectivity index (χ0v) is 10.0. The highest BCUT2D eigenvalue weighted by Crippen LogP contribution is 2.25. The highest BCUT2D eigenvalue weighted by Gasteiger charge is 2.18. The van der Waals surface area contributed by atoms with Crippen LogP contribution in [-0.4, -0.2) is 5.84 Å². The quantitative estimate of drug-likeness (QED) is 0.619. The number of nitrogens with two attached hydrogens (primary N) is 1. The number of hydrogen-bond donors (Lipinski definition) is 1. The van der Waals surface area contributed by atoms with E-state index in [1.165, 1.54) is 36.8 Å². The van der Waals surface area contributed by atoms with Crippen molar-refractivity contribution in [2.75, 3.05) is 0 Å². The fourth-order valence-corrected chi connectivity index (χ4v) is 2.92. The second kappa shape index (κ2) is 4.79. The molecule has 1 aliphatic rings. The van der Waals surface area contributed by atoms with Crippen molar-refractivity contribution < 1.29 is 0 Å². The molecule has 0 saturated heterocycles. The number of thiophene rings is 1. The van der Waals surface area contributed by atoms with Gasteiger partial charge in [-0.05, 0) is 41.7 Å². The minimum atomic E-state index is 0.559. The Hall–Kier alpha value is -0.830. The average molecular weight is 222 g/mol. The lowest BCUT2D eigenvalue weighted by atomic mass is 10.1. The van der Waals surface area contributed by atoms with Crippen LogP contribution in [0.1, 0.15) is 36.8 Å². The Morgan fingerprint density at radius 1 is 1.47 bits per heavy atom. The zero-order valence-electron chi connectivity index (χ0n) is 9.20. The Balaban J connectivity index is 1.95.